The van der Waals surface area contributed by atoms with E-state index < -0.39 is 5.25 Å². The van der Waals surface area contributed by atoms with Crippen LogP contribution in [0.5, 0.6) is 5.75 Å². The molecule has 1 aliphatic heterocycles. The summed E-state index contributed by atoms with van der Waals surface area (Å²) in [5.74, 6) is 1.28. The van der Waals surface area contributed by atoms with Gasteiger partial charge in [0.25, 0.3) is 5.56 Å². The van der Waals surface area contributed by atoms with Crippen LogP contribution in [-0.4, -0.2) is 40.2 Å². The van der Waals surface area contributed by atoms with Gasteiger partial charge in [0.05, 0.1) is 30.0 Å². The third-order valence-electron chi connectivity index (χ3n) is 4.17. The zero-order valence-corrected chi connectivity index (χ0v) is 17.2. The van der Waals surface area contributed by atoms with Gasteiger partial charge in [0.2, 0.25) is 0 Å². The number of carbonyl (C=O) groups excluding carboxylic acids is 1. The highest BCUT2D eigenvalue weighted by molar-refractivity contribution is 8.00. The van der Waals surface area contributed by atoms with Crippen LogP contribution in [0.1, 0.15) is 26.0 Å². The maximum absolute atomic E-state index is 13.1. The van der Waals surface area contributed by atoms with Gasteiger partial charge in [-0.05, 0) is 37.6 Å². The van der Waals surface area contributed by atoms with Crippen LogP contribution in [0.15, 0.2) is 39.1 Å². The summed E-state index contributed by atoms with van der Waals surface area (Å²) in [6, 6.07) is 7.26. The lowest BCUT2D eigenvalue weighted by atomic mass is 10.3. The summed E-state index contributed by atoms with van der Waals surface area (Å²) in [5, 5.41) is 0.111. The number of benzene rings is 1. The topological polar surface area (TPSA) is 70.4 Å². The highest BCUT2D eigenvalue weighted by atomic mass is 32.2. The van der Waals surface area contributed by atoms with Crippen molar-refractivity contribution in [3.05, 3.63) is 40.3 Å². The first kappa shape index (κ1) is 19.8. The number of nitrogens with zero attached hydrogens (tertiary/aromatic N) is 2. The number of methoxy groups -OCH3 is 1. The van der Waals surface area contributed by atoms with Crippen LogP contribution >= 0.6 is 23.5 Å². The van der Waals surface area contributed by atoms with E-state index in [1.54, 1.807) is 30.7 Å². The average Bonchev–Trinajstić information content (AvgIpc) is 3.15. The molecule has 0 bridgehead atoms. The number of hydrogen-bond acceptors (Lipinski definition) is 7. The van der Waals surface area contributed by atoms with Crippen LogP contribution in [0, 0.1) is 0 Å². The third kappa shape index (κ3) is 4.16. The monoisotopic (exact) mass is 406 g/mol. The Morgan fingerprint density at radius 2 is 2.07 bits per heavy atom. The van der Waals surface area contributed by atoms with Gasteiger partial charge in [-0.25, -0.2) is 4.98 Å². The van der Waals surface area contributed by atoms with Crippen LogP contribution in [0.2, 0.25) is 0 Å². The predicted molar refractivity (Wildman–Crippen MR) is 107 cm³/mol. The molecular weight excluding hydrogens is 384 g/mol. The molecule has 1 aromatic heterocycles. The summed E-state index contributed by atoms with van der Waals surface area (Å²) in [4.78, 5) is 30.8. The maximum atomic E-state index is 13.1. The Bertz CT molecular complexity index is 881. The first-order valence-electron chi connectivity index (χ1n) is 8.85. The van der Waals surface area contributed by atoms with Crippen LogP contribution in [0.25, 0.3) is 5.69 Å². The van der Waals surface area contributed by atoms with Crippen molar-refractivity contribution in [2.45, 2.75) is 42.0 Å². The smallest absolute Gasteiger partial charge is 0.319 e. The van der Waals surface area contributed by atoms with Crippen LogP contribution in [-0.2, 0) is 16.0 Å². The van der Waals surface area contributed by atoms with Crippen molar-refractivity contribution in [2.24, 2.45) is 0 Å². The minimum absolute atomic E-state index is 0.0890. The number of aryl methyl sites for hydroxylation is 1. The van der Waals surface area contributed by atoms with E-state index in [0.29, 0.717) is 34.5 Å². The Morgan fingerprint density at radius 1 is 1.33 bits per heavy atom. The number of thioether (sulfide) groups is 2. The fourth-order valence-corrected chi connectivity index (χ4v) is 4.86. The lowest BCUT2D eigenvalue weighted by Gasteiger charge is -2.17. The molecule has 0 fully saturated rings. The molecule has 2 aromatic rings. The number of hydrogen-bond donors (Lipinski definition) is 0. The summed E-state index contributed by atoms with van der Waals surface area (Å²) < 4.78 is 12.0. The van der Waals surface area contributed by atoms with Crippen molar-refractivity contribution < 1.29 is 14.3 Å². The minimum atomic E-state index is -0.409. The first-order chi connectivity index (χ1) is 13.1. The molecule has 0 unspecified atom stereocenters. The molecule has 8 heteroatoms. The second-order valence-corrected chi connectivity index (χ2v) is 8.15. The zero-order chi connectivity index (χ0) is 19.4. The summed E-state index contributed by atoms with van der Waals surface area (Å²) in [6.45, 7) is 4.04. The number of rotatable bonds is 7. The fraction of sp³-hybridized carbons (Fsp3) is 0.421. The number of aromatic nitrogens is 2. The van der Waals surface area contributed by atoms with Gasteiger partial charge in [-0.3, -0.25) is 14.2 Å². The molecule has 0 radical (unpaired) electrons. The van der Waals surface area contributed by atoms with E-state index >= 15 is 0 Å². The molecule has 0 saturated heterocycles. The first-order valence-corrected chi connectivity index (χ1v) is 10.7. The summed E-state index contributed by atoms with van der Waals surface area (Å²) in [7, 11) is 1.60. The Hall–Kier alpha value is -1.93. The number of carbonyl (C=O) groups is 1. The largest absolute Gasteiger partial charge is 0.497 e. The molecule has 2 heterocycles. The minimum Gasteiger partial charge on any atom is -0.497 e. The predicted octanol–water partition coefficient (Wildman–Crippen LogP) is 3.32. The lowest BCUT2D eigenvalue weighted by molar-refractivity contribution is -0.142. The van der Waals surface area contributed by atoms with Crippen molar-refractivity contribution >= 4 is 29.5 Å². The van der Waals surface area contributed by atoms with E-state index in [0.717, 1.165) is 17.9 Å². The quantitative estimate of drug-likeness (QED) is 0.397. The lowest BCUT2D eigenvalue weighted by Crippen LogP contribution is -2.26. The van der Waals surface area contributed by atoms with E-state index in [-0.39, 0.29) is 11.5 Å². The molecule has 0 spiro atoms. The average molecular weight is 407 g/mol. The van der Waals surface area contributed by atoms with E-state index in [1.807, 2.05) is 19.1 Å². The maximum Gasteiger partial charge on any atom is 0.319 e. The van der Waals surface area contributed by atoms with Crippen LogP contribution in [0.3, 0.4) is 0 Å². The van der Waals surface area contributed by atoms with Crippen molar-refractivity contribution in [3.63, 3.8) is 0 Å². The van der Waals surface area contributed by atoms with Gasteiger partial charge in [0.1, 0.15) is 11.0 Å². The zero-order valence-electron chi connectivity index (χ0n) is 15.6. The van der Waals surface area contributed by atoms with Gasteiger partial charge in [-0.1, -0.05) is 18.7 Å². The van der Waals surface area contributed by atoms with E-state index in [2.05, 4.69) is 0 Å². The van der Waals surface area contributed by atoms with Crippen LogP contribution < -0.4 is 10.3 Å². The molecule has 0 aliphatic carbocycles. The Kier molecular flexibility index (Phi) is 6.49. The molecule has 1 atom stereocenters. The second kappa shape index (κ2) is 8.84. The molecule has 144 valence electrons. The van der Waals surface area contributed by atoms with Gasteiger partial charge in [-0.15, -0.1) is 11.8 Å². The van der Waals surface area contributed by atoms with Crippen molar-refractivity contribution in [2.75, 3.05) is 19.5 Å². The highest BCUT2D eigenvalue weighted by Gasteiger charge is 2.26. The van der Waals surface area contributed by atoms with Gasteiger partial charge in [0, 0.05) is 12.2 Å². The van der Waals surface area contributed by atoms with Crippen molar-refractivity contribution in [3.8, 4) is 11.4 Å². The Morgan fingerprint density at radius 3 is 2.70 bits per heavy atom. The number of ether oxygens (including phenoxy) is 2. The SMILES string of the molecule is CCOC(=O)[C@H](CC)Sc1nc2c(c(=O)n1-c1ccc(OC)cc1)SCC2. The van der Waals surface area contributed by atoms with Gasteiger partial charge in [-0.2, -0.15) is 0 Å². The van der Waals surface area contributed by atoms with E-state index in [4.69, 9.17) is 14.5 Å². The fourth-order valence-electron chi connectivity index (χ4n) is 2.79. The van der Waals surface area contributed by atoms with E-state index in [9.17, 15) is 9.59 Å². The van der Waals surface area contributed by atoms with Crippen molar-refractivity contribution in [1.82, 2.24) is 9.55 Å². The Balaban J connectivity index is 2.07. The molecule has 0 N–H and O–H groups in total. The number of esters is 1. The molecule has 6 nitrogen and oxygen atoms in total. The summed E-state index contributed by atoms with van der Waals surface area (Å²) >= 11 is 2.82. The molecular formula is C19H22N2O4S2. The van der Waals surface area contributed by atoms with Gasteiger partial charge < -0.3 is 9.47 Å². The standard InChI is InChI=1S/C19H22N2O4S2/c1-4-15(18(23)25-5-2)27-19-20-14-10-11-26-16(14)17(22)21(19)12-6-8-13(24-3)9-7-12/h6-9,15H,4-5,10-11H2,1-3H3/t15-/m0/s1. The molecule has 0 saturated carbocycles. The van der Waals surface area contributed by atoms with Crippen LogP contribution in [0.4, 0.5) is 0 Å². The molecule has 1 aromatic carbocycles. The molecule has 27 heavy (non-hydrogen) atoms. The second-order valence-electron chi connectivity index (χ2n) is 5.87. The Labute approximate surface area is 166 Å². The molecule has 1 aliphatic rings. The molecule has 3 rings (SSSR count). The summed E-state index contributed by atoms with van der Waals surface area (Å²) in [5.41, 5.74) is 1.43. The van der Waals surface area contributed by atoms with Crippen molar-refractivity contribution in [1.29, 1.82) is 0 Å². The normalized spacial score (nSPS) is 13.9. The highest BCUT2D eigenvalue weighted by Crippen LogP contribution is 2.32. The van der Waals surface area contributed by atoms with Gasteiger partial charge >= 0.3 is 5.97 Å². The third-order valence-corrected chi connectivity index (χ3v) is 6.57. The summed E-state index contributed by atoms with van der Waals surface area (Å²) in [6.07, 6.45) is 1.36. The number of fused-ring (bicyclic) bond motifs is 1. The van der Waals surface area contributed by atoms with E-state index in [1.165, 1.54) is 23.5 Å². The molecule has 0 amide bonds. The van der Waals surface area contributed by atoms with Gasteiger partial charge in [0.15, 0.2) is 5.16 Å².